The van der Waals surface area contributed by atoms with Crippen LogP contribution in [-0.2, 0) is 11.3 Å². The van der Waals surface area contributed by atoms with E-state index in [4.69, 9.17) is 16.3 Å². The van der Waals surface area contributed by atoms with Crippen LogP contribution in [0.25, 0.3) is 0 Å². The van der Waals surface area contributed by atoms with Crippen molar-refractivity contribution in [3.8, 4) is 0 Å². The molecular weight excluding hydrogens is 274 g/mol. The summed E-state index contributed by atoms with van der Waals surface area (Å²) in [5.74, 6) is 0.829. The molecule has 2 rings (SSSR count). The van der Waals surface area contributed by atoms with E-state index in [-0.39, 0.29) is 5.78 Å². The number of nitrogens with zero attached hydrogens (tertiary/aromatic N) is 1. The van der Waals surface area contributed by atoms with Crippen molar-refractivity contribution in [3.05, 3.63) is 23.0 Å². The molecule has 0 amide bonds. The van der Waals surface area contributed by atoms with Crippen LogP contribution in [0.2, 0.25) is 0 Å². The highest BCUT2D eigenvalue weighted by atomic mass is 35.5. The Kier molecular flexibility index (Phi) is 5.28. The zero-order chi connectivity index (χ0) is 14.7. The highest BCUT2D eigenvalue weighted by Crippen LogP contribution is 2.28. The van der Waals surface area contributed by atoms with Gasteiger partial charge >= 0.3 is 0 Å². The third kappa shape index (κ3) is 3.86. The second-order valence-corrected chi connectivity index (χ2v) is 6.44. The maximum atomic E-state index is 12.0. The van der Waals surface area contributed by atoms with Crippen LogP contribution in [0.3, 0.4) is 0 Å². The lowest BCUT2D eigenvalue weighted by atomic mass is 10.1. The number of aromatic nitrogens is 1. The van der Waals surface area contributed by atoms with Crippen LogP contribution in [0, 0.1) is 19.8 Å². The Hall–Kier alpha value is -0.800. The SMILES string of the molecule is Cc1cc(C(=O)C(C)Cl)c(C)n1CCCOCC1CC1. The van der Waals surface area contributed by atoms with Gasteiger partial charge in [-0.05, 0) is 52.0 Å². The molecule has 1 atom stereocenters. The summed E-state index contributed by atoms with van der Waals surface area (Å²) in [6.07, 6.45) is 3.64. The molecule has 1 saturated carbocycles. The quantitative estimate of drug-likeness (QED) is 0.416. The lowest BCUT2D eigenvalue weighted by Crippen LogP contribution is -2.12. The number of ether oxygens (including phenoxy) is 1. The molecule has 1 fully saturated rings. The van der Waals surface area contributed by atoms with E-state index < -0.39 is 5.38 Å². The summed E-state index contributed by atoms with van der Waals surface area (Å²) in [7, 11) is 0. The maximum Gasteiger partial charge on any atom is 0.182 e. The van der Waals surface area contributed by atoms with Gasteiger partial charge in [-0.1, -0.05) is 0 Å². The van der Waals surface area contributed by atoms with E-state index in [1.807, 2.05) is 19.9 Å². The van der Waals surface area contributed by atoms with Crippen LogP contribution in [0.1, 0.15) is 47.9 Å². The Morgan fingerprint density at radius 2 is 2.20 bits per heavy atom. The van der Waals surface area contributed by atoms with E-state index in [2.05, 4.69) is 4.57 Å². The number of aryl methyl sites for hydroxylation is 1. The molecule has 0 N–H and O–H groups in total. The number of Topliss-reactive ketones (excluding diaryl/α,β-unsaturated/α-hetero) is 1. The number of carbonyl (C=O) groups is 1. The minimum absolute atomic E-state index is 0.0102. The summed E-state index contributed by atoms with van der Waals surface area (Å²) < 4.78 is 7.84. The van der Waals surface area contributed by atoms with Crippen LogP contribution >= 0.6 is 11.6 Å². The topological polar surface area (TPSA) is 31.2 Å². The molecule has 1 unspecified atom stereocenters. The first-order valence-corrected chi connectivity index (χ1v) is 7.87. The number of rotatable bonds is 8. The van der Waals surface area contributed by atoms with Crippen molar-refractivity contribution in [2.75, 3.05) is 13.2 Å². The highest BCUT2D eigenvalue weighted by molar-refractivity contribution is 6.33. The van der Waals surface area contributed by atoms with Crippen molar-refractivity contribution in [3.63, 3.8) is 0 Å². The molecule has 1 aromatic heterocycles. The van der Waals surface area contributed by atoms with Crippen molar-refractivity contribution in [2.24, 2.45) is 5.92 Å². The van der Waals surface area contributed by atoms with Crippen LogP contribution in [0.15, 0.2) is 6.07 Å². The molecule has 0 aromatic carbocycles. The van der Waals surface area contributed by atoms with Gasteiger partial charge < -0.3 is 9.30 Å². The largest absolute Gasteiger partial charge is 0.381 e. The van der Waals surface area contributed by atoms with Gasteiger partial charge in [0.15, 0.2) is 5.78 Å². The zero-order valence-electron chi connectivity index (χ0n) is 12.6. The summed E-state index contributed by atoms with van der Waals surface area (Å²) in [6, 6.07) is 1.95. The molecule has 0 saturated heterocycles. The molecule has 20 heavy (non-hydrogen) atoms. The van der Waals surface area contributed by atoms with Crippen LogP contribution in [-0.4, -0.2) is 28.9 Å². The molecule has 112 valence electrons. The first-order valence-electron chi connectivity index (χ1n) is 7.43. The summed E-state index contributed by atoms with van der Waals surface area (Å²) in [4.78, 5) is 12.0. The fourth-order valence-corrected chi connectivity index (χ4v) is 2.59. The normalized spacial score (nSPS) is 16.4. The van der Waals surface area contributed by atoms with Gasteiger partial charge in [-0.2, -0.15) is 0 Å². The van der Waals surface area contributed by atoms with E-state index in [0.717, 1.165) is 49.0 Å². The Labute approximate surface area is 126 Å². The molecule has 0 radical (unpaired) electrons. The number of alkyl halides is 1. The van der Waals surface area contributed by atoms with Crippen molar-refractivity contribution < 1.29 is 9.53 Å². The molecule has 1 aliphatic carbocycles. The van der Waals surface area contributed by atoms with Gasteiger partial charge in [0.1, 0.15) is 0 Å². The summed E-state index contributed by atoms with van der Waals surface area (Å²) in [5, 5.41) is -0.467. The average Bonchev–Trinajstić information content (AvgIpc) is 3.17. The summed E-state index contributed by atoms with van der Waals surface area (Å²) >= 11 is 5.90. The smallest absolute Gasteiger partial charge is 0.182 e. The minimum Gasteiger partial charge on any atom is -0.381 e. The molecule has 0 bridgehead atoms. The second kappa shape index (κ2) is 6.77. The Balaban J connectivity index is 1.88. The van der Waals surface area contributed by atoms with E-state index in [9.17, 15) is 4.79 Å². The molecule has 0 aliphatic heterocycles. The van der Waals surface area contributed by atoms with Crippen molar-refractivity contribution in [2.45, 2.75) is 52.0 Å². The standard InChI is InChI=1S/C16H24ClNO2/c1-11-9-15(16(19)12(2)17)13(3)18(11)7-4-8-20-10-14-5-6-14/h9,12,14H,4-8,10H2,1-3H3. The third-order valence-corrected chi connectivity index (χ3v) is 4.12. The highest BCUT2D eigenvalue weighted by Gasteiger charge is 2.21. The number of hydrogen-bond donors (Lipinski definition) is 0. The minimum atomic E-state index is -0.467. The molecular formula is C16H24ClNO2. The van der Waals surface area contributed by atoms with Gasteiger partial charge in [-0.25, -0.2) is 0 Å². The number of carbonyl (C=O) groups excluding carboxylic acids is 1. The molecule has 1 aromatic rings. The van der Waals surface area contributed by atoms with Crippen LogP contribution in [0.5, 0.6) is 0 Å². The van der Waals surface area contributed by atoms with E-state index in [0.29, 0.717) is 0 Å². The average molecular weight is 298 g/mol. The first-order chi connectivity index (χ1) is 9.50. The number of hydrogen-bond acceptors (Lipinski definition) is 2. The Morgan fingerprint density at radius 3 is 2.80 bits per heavy atom. The Morgan fingerprint density at radius 1 is 1.50 bits per heavy atom. The van der Waals surface area contributed by atoms with E-state index >= 15 is 0 Å². The first kappa shape index (κ1) is 15.6. The second-order valence-electron chi connectivity index (χ2n) is 5.79. The summed E-state index contributed by atoms with van der Waals surface area (Å²) in [5.41, 5.74) is 2.89. The number of ketones is 1. The van der Waals surface area contributed by atoms with Gasteiger partial charge in [0.25, 0.3) is 0 Å². The predicted molar refractivity (Wildman–Crippen MR) is 81.7 cm³/mol. The monoisotopic (exact) mass is 297 g/mol. The van der Waals surface area contributed by atoms with Crippen molar-refractivity contribution >= 4 is 17.4 Å². The van der Waals surface area contributed by atoms with Gasteiger partial charge in [-0.3, -0.25) is 4.79 Å². The molecule has 0 spiro atoms. The maximum absolute atomic E-state index is 12.0. The van der Waals surface area contributed by atoms with Crippen molar-refractivity contribution in [1.82, 2.24) is 4.57 Å². The van der Waals surface area contributed by atoms with Gasteiger partial charge in [-0.15, -0.1) is 11.6 Å². The lowest BCUT2D eigenvalue weighted by Gasteiger charge is -2.10. The number of halogens is 1. The third-order valence-electron chi connectivity index (χ3n) is 3.92. The van der Waals surface area contributed by atoms with Gasteiger partial charge in [0.05, 0.1) is 5.38 Å². The zero-order valence-corrected chi connectivity index (χ0v) is 13.4. The molecule has 1 aliphatic rings. The lowest BCUT2D eigenvalue weighted by molar-refractivity contribution is 0.0991. The Bertz CT molecular complexity index is 475. The van der Waals surface area contributed by atoms with E-state index in [1.165, 1.54) is 12.8 Å². The molecule has 4 heteroatoms. The van der Waals surface area contributed by atoms with Gasteiger partial charge in [0.2, 0.25) is 0 Å². The van der Waals surface area contributed by atoms with Gasteiger partial charge in [0, 0.05) is 36.7 Å². The molecule has 3 nitrogen and oxygen atoms in total. The van der Waals surface area contributed by atoms with Crippen molar-refractivity contribution in [1.29, 1.82) is 0 Å². The fraction of sp³-hybridized carbons (Fsp3) is 0.688. The molecule has 1 heterocycles. The predicted octanol–water partition coefficient (Wildman–Crippen LogP) is 3.73. The van der Waals surface area contributed by atoms with Crippen LogP contribution in [0.4, 0.5) is 0 Å². The summed E-state index contributed by atoms with van der Waals surface area (Å²) in [6.45, 7) is 8.35. The van der Waals surface area contributed by atoms with E-state index in [1.54, 1.807) is 6.92 Å². The fourth-order valence-electron chi connectivity index (χ4n) is 2.47. The van der Waals surface area contributed by atoms with Crippen LogP contribution < -0.4 is 0 Å².